The minimum absolute atomic E-state index is 0.0573. The predicted octanol–water partition coefficient (Wildman–Crippen LogP) is 4.62. The Morgan fingerprint density at radius 3 is 2.35 bits per heavy atom. The number of nitrogens with zero attached hydrogens (tertiary/aromatic N) is 1. The number of rotatable bonds is 5. The van der Waals surface area contributed by atoms with Crippen LogP contribution in [0.25, 0.3) is 5.57 Å². The number of hydrogen-bond donors (Lipinski definition) is 0. The van der Waals surface area contributed by atoms with Crippen molar-refractivity contribution in [3.05, 3.63) is 64.2 Å². The Hall–Kier alpha value is -2.59. The fourth-order valence-corrected chi connectivity index (χ4v) is 3.14. The Balaban J connectivity index is 1.95. The lowest BCUT2D eigenvalue weighted by molar-refractivity contribution is -0.119. The SMILES string of the molecule is CCCOc1ccc(C2=C(Cl)C(=O)N(c3cc(C)ccc3C)C2=O)cc1. The lowest BCUT2D eigenvalue weighted by Crippen LogP contribution is -2.31. The molecule has 0 atom stereocenters. The van der Waals surface area contributed by atoms with Crippen LogP contribution in [-0.4, -0.2) is 18.4 Å². The van der Waals surface area contributed by atoms with Gasteiger partial charge in [-0.1, -0.05) is 42.8 Å². The Morgan fingerprint density at radius 1 is 1.00 bits per heavy atom. The van der Waals surface area contributed by atoms with Crippen molar-refractivity contribution >= 4 is 34.7 Å². The first-order valence-corrected chi connectivity index (χ1v) is 8.91. The summed E-state index contributed by atoms with van der Waals surface area (Å²) in [4.78, 5) is 26.8. The van der Waals surface area contributed by atoms with Gasteiger partial charge in [-0.05, 0) is 55.2 Å². The Morgan fingerprint density at radius 2 is 1.69 bits per heavy atom. The molecule has 0 radical (unpaired) electrons. The van der Waals surface area contributed by atoms with E-state index in [0.717, 1.165) is 28.2 Å². The molecule has 3 rings (SSSR count). The number of halogens is 1. The van der Waals surface area contributed by atoms with E-state index < -0.39 is 11.8 Å². The van der Waals surface area contributed by atoms with Gasteiger partial charge in [-0.15, -0.1) is 0 Å². The van der Waals surface area contributed by atoms with Crippen molar-refractivity contribution in [2.75, 3.05) is 11.5 Å². The molecular weight excluding hydrogens is 350 g/mol. The summed E-state index contributed by atoms with van der Waals surface area (Å²) < 4.78 is 5.56. The van der Waals surface area contributed by atoms with Crippen LogP contribution < -0.4 is 9.64 Å². The first-order valence-electron chi connectivity index (χ1n) is 8.53. The highest BCUT2D eigenvalue weighted by atomic mass is 35.5. The van der Waals surface area contributed by atoms with Gasteiger partial charge in [-0.25, -0.2) is 4.90 Å². The number of amides is 2. The maximum atomic E-state index is 13.0. The predicted molar refractivity (Wildman–Crippen MR) is 103 cm³/mol. The second-order valence-electron chi connectivity index (χ2n) is 6.30. The molecule has 1 aliphatic heterocycles. The minimum atomic E-state index is -0.494. The summed E-state index contributed by atoms with van der Waals surface area (Å²) in [5, 5.41) is -0.0573. The van der Waals surface area contributed by atoms with Crippen LogP contribution >= 0.6 is 11.6 Å². The van der Waals surface area contributed by atoms with Crippen molar-refractivity contribution in [3.8, 4) is 5.75 Å². The van der Waals surface area contributed by atoms with Crippen LogP contribution in [0.5, 0.6) is 5.75 Å². The van der Waals surface area contributed by atoms with E-state index in [1.165, 1.54) is 0 Å². The molecule has 0 N–H and O–H groups in total. The quantitative estimate of drug-likeness (QED) is 0.723. The summed E-state index contributed by atoms with van der Waals surface area (Å²) in [6.07, 6.45) is 0.913. The van der Waals surface area contributed by atoms with Crippen LogP contribution in [-0.2, 0) is 9.59 Å². The molecule has 0 saturated heterocycles. The van der Waals surface area contributed by atoms with Crippen molar-refractivity contribution in [2.45, 2.75) is 27.2 Å². The monoisotopic (exact) mass is 369 g/mol. The van der Waals surface area contributed by atoms with E-state index in [4.69, 9.17) is 16.3 Å². The van der Waals surface area contributed by atoms with Gasteiger partial charge in [0.05, 0.1) is 17.9 Å². The summed E-state index contributed by atoms with van der Waals surface area (Å²) in [6, 6.07) is 12.7. The molecule has 134 valence electrons. The van der Waals surface area contributed by atoms with Gasteiger partial charge < -0.3 is 4.74 Å². The highest BCUT2D eigenvalue weighted by molar-refractivity contribution is 6.60. The van der Waals surface area contributed by atoms with Crippen LogP contribution in [0.4, 0.5) is 5.69 Å². The summed E-state index contributed by atoms with van der Waals surface area (Å²) in [5.41, 5.74) is 3.19. The summed E-state index contributed by atoms with van der Waals surface area (Å²) in [7, 11) is 0. The molecule has 4 nitrogen and oxygen atoms in total. The number of carbonyl (C=O) groups excluding carboxylic acids is 2. The molecule has 2 amide bonds. The molecular formula is C21H20ClNO3. The number of carbonyl (C=O) groups is 2. The molecule has 1 heterocycles. The third-order valence-electron chi connectivity index (χ3n) is 4.25. The zero-order chi connectivity index (χ0) is 18.8. The number of anilines is 1. The van der Waals surface area contributed by atoms with Crippen LogP contribution in [0.1, 0.15) is 30.0 Å². The smallest absolute Gasteiger partial charge is 0.277 e. The fourth-order valence-electron chi connectivity index (χ4n) is 2.87. The molecule has 0 spiro atoms. The Kier molecular flexibility index (Phi) is 5.14. The zero-order valence-corrected chi connectivity index (χ0v) is 15.8. The molecule has 5 heteroatoms. The number of ether oxygens (including phenoxy) is 1. The third-order valence-corrected chi connectivity index (χ3v) is 4.60. The largest absolute Gasteiger partial charge is 0.494 e. The summed E-state index contributed by atoms with van der Waals surface area (Å²) in [5.74, 6) is -0.182. The molecule has 0 aliphatic carbocycles. The number of hydrogen-bond acceptors (Lipinski definition) is 3. The maximum absolute atomic E-state index is 13.0. The van der Waals surface area contributed by atoms with E-state index >= 15 is 0 Å². The van der Waals surface area contributed by atoms with Crippen LogP contribution in [0.3, 0.4) is 0 Å². The fraction of sp³-hybridized carbons (Fsp3) is 0.238. The van der Waals surface area contributed by atoms with Crippen molar-refractivity contribution in [2.24, 2.45) is 0 Å². The lowest BCUT2D eigenvalue weighted by Gasteiger charge is -2.18. The molecule has 1 aliphatic rings. The van der Waals surface area contributed by atoms with Gasteiger partial charge in [0.15, 0.2) is 0 Å². The lowest BCUT2D eigenvalue weighted by atomic mass is 10.1. The van der Waals surface area contributed by atoms with Crippen molar-refractivity contribution in [3.63, 3.8) is 0 Å². The number of aryl methyl sites for hydroxylation is 2. The molecule has 2 aromatic rings. The van der Waals surface area contributed by atoms with Gasteiger partial charge in [0.1, 0.15) is 10.8 Å². The number of imide groups is 1. The van der Waals surface area contributed by atoms with Gasteiger partial charge in [0.2, 0.25) is 0 Å². The van der Waals surface area contributed by atoms with Gasteiger partial charge in [-0.2, -0.15) is 0 Å². The highest BCUT2D eigenvalue weighted by Crippen LogP contribution is 2.36. The van der Waals surface area contributed by atoms with Crippen LogP contribution in [0.2, 0.25) is 0 Å². The van der Waals surface area contributed by atoms with Crippen LogP contribution in [0, 0.1) is 13.8 Å². The van der Waals surface area contributed by atoms with Gasteiger partial charge in [-0.3, -0.25) is 9.59 Å². The molecule has 0 unspecified atom stereocenters. The van der Waals surface area contributed by atoms with Gasteiger partial charge in [0.25, 0.3) is 11.8 Å². The van der Waals surface area contributed by atoms with E-state index in [0.29, 0.717) is 17.9 Å². The number of benzene rings is 2. The van der Waals surface area contributed by atoms with Crippen LogP contribution in [0.15, 0.2) is 47.5 Å². The average Bonchev–Trinajstić information content (AvgIpc) is 2.85. The van der Waals surface area contributed by atoms with E-state index in [-0.39, 0.29) is 10.6 Å². The van der Waals surface area contributed by atoms with Gasteiger partial charge in [0, 0.05) is 0 Å². The van der Waals surface area contributed by atoms with Crippen molar-refractivity contribution < 1.29 is 14.3 Å². The first kappa shape index (κ1) is 18.2. The second kappa shape index (κ2) is 7.34. The summed E-state index contributed by atoms with van der Waals surface area (Å²) >= 11 is 6.25. The molecule has 0 saturated carbocycles. The first-order chi connectivity index (χ1) is 12.4. The van der Waals surface area contributed by atoms with E-state index in [9.17, 15) is 9.59 Å². The second-order valence-corrected chi connectivity index (χ2v) is 6.68. The van der Waals surface area contributed by atoms with Crippen molar-refractivity contribution in [1.82, 2.24) is 0 Å². The molecule has 0 aromatic heterocycles. The highest BCUT2D eigenvalue weighted by Gasteiger charge is 2.39. The topological polar surface area (TPSA) is 46.6 Å². The summed E-state index contributed by atoms with van der Waals surface area (Å²) in [6.45, 7) is 6.43. The molecule has 0 fully saturated rings. The van der Waals surface area contributed by atoms with E-state index in [2.05, 4.69) is 0 Å². The average molecular weight is 370 g/mol. The zero-order valence-electron chi connectivity index (χ0n) is 15.0. The minimum Gasteiger partial charge on any atom is -0.494 e. The normalized spacial score (nSPS) is 14.4. The van der Waals surface area contributed by atoms with E-state index in [1.807, 2.05) is 39.0 Å². The van der Waals surface area contributed by atoms with E-state index in [1.54, 1.807) is 24.3 Å². The standard InChI is InChI=1S/C21H20ClNO3/c1-4-11-26-16-9-7-15(8-10-16)18-19(22)21(25)23(20(18)24)17-12-13(2)5-6-14(17)3/h5-10,12H,4,11H2,1-3H3. The molecule has 26 heavy (non-hydrogen) atoms. The third kappa shape index (κ3) is 3.25. The molecule has 0 bridgehead atoms. The molecule has 2 aromatic carbocycles. The Labute approximate surface area is 158 Å². The Bertz CT molecular complexity index is 900. The maximum Gasteiger partial charge on any atom is 0.277 e. The van der Waals surface area contributed by atoms with Crippen molar-refractivity contribution in [1.29, 1.82) is 0 Å². The van der Waals surface area contributed by atoms with Gasteiger partial charge >= 0.3 is 0 Å².